The average Bonchev–Trinajstić information content (AvgIpc) is 2.91. The maximum atomic E-state index is 9.85. The summed E-state index contributed by atoms with van der Waals surface area (Å²) < 4.78 is 6.95. The summed E-state index contributed by atoms with van der Waals surface area (Å²) in [5.74, 6) is 0.602. The predicted molar refractivity (Wildman–Crippen MR) is 72.1 cm³/mol. The van der Waals surface area contributed by atoms with E-state index in [9.17, 15) is 5.11 Å². The van der Waals surface area contributed by atoms with Crippen LogP contribution in [0.5, 0.6) is 5.88 Å². The molecule has 0 amide bonds. The van der Waals surface area contributed by atoms with Crippen LogP contribution in [0.25, 0.3) is 0 Å². The number of aliphatic hydroxyl groups is 1. The van der Waals surface area contributed by atoms with Gasteiger partial charge >= 0.3 is 0 Å². The van der Waals surface area contributed by atoms with E-state index in [0.29, 0.717) is 25.6 Å². The Bertz CT molecular complexity index is 470. The monoisotopic (exact) mass is 262 g/mol. The molecule has 0 saturated heterocycles. The van der Waals surface area contributed by atoms with Gasteiger partial charge in [0.05, 0.1) is 31.1 Å². The molecule has 0 saturated carbocycles. The fourth-order valence-electron chi connectivity index (χ4n) is 1.64. The molecule has 0 aliphatic rings. The highest BCUT2D eigenvalue weighted by Gasteiger charge is 2.05. The van der Waals surface area contributed by atoms with Crippen molar-refractivity contribution in [3.63, 3.8) is 0 Å². The highest BCUT2D eigenvalue weighted by molar-refractivity contribution is 5.42. The molecular formula is C13H18N4O2. The summed E-state index contributed by atoms with van der Waals surface area (Å²) in [4.78, 5) is 4.14. The lowest BCUT2D eigenvalue weighted by Gasteiger charge is -2.13. The summed E-state index contributed by atoms with van der Waals surface area (Å²) in [5, 5.41) is 17.0. The molecule has 0 aromatic carbocycles. The van der Waals surface area contributed by atoms with Crippen molar-refractivity contribution in [1.82, 2.24) is 14.8 Å². The molecule has 2 heterocycles. The van der Waals surface area contributed by atoms with E-state index < -0.39 is 6.10 Å². The van der Waals surface area contributed by atoms with Gasteiger partial charge in [-0.2, -0.15) is 5.10 Å². The zero-order valence-electron chi connectivity index (χ0n) is 10.9. The Hall–Kier alpha value is -2.08. The Labute approximate surface area is 112 Å². The minimum absolute atomic E-state index is 0.440. The van der Waals surface area contributed by atoms with Crippen molar-refractivity contribution in [3.8, 4) is 5.88 Å². The van der Waals surface area contributed by atoms with Gasteiger partial charge in [-0.1, -0.05) is 0 Å². The molecule has 1 unspecified atom stereocenters. The Morgan fingerprint density at radius 2 is 2.37 bits per heavy atom. The number of ether oxygens (including phenoxy) is 1. The van der Waals surface area contributed by atoms with Crippen LogP contribution in [0.15, 0.2) is 36.8 Å². The number of pyridine rings is 1. The Morgan fingerprint density at radius 3 is 3.00 bits per heavy atom. The Balaban J connectivity index is 1.78. The zero-order valence-corrected chi connectivity index (χ0v) is 10.9. The van der Waals surface area contributed by atoms with Crippen molar-refractivity contribution in [2.75, 3.05) is 18.5 Å². The number of anilines is 1. The second-order valence-electron chi connectivity index (χ2n) is 4.08. The lowest BCUT2D eigenvalue weighted by atomic mass is 10.3. The SMILES string of the molecule is CCOc1ccc(NCC(O)Cn2cccn2)cn1. The Morgan fingerprint density at radius 1 is 1.47 bits per heavy atom. The fourth-order valence-corrected chi connectivity index (χ4v) is 1.64. The first-order chi connectivity index (χ1) is 9.28. The maximum Gasteiger partial charge on any atom is 0.213 e. The van der Waals surface area contributed by atoms with E-state index in [2.05, 4.69) is 15.4 Å². The molecule has 2 aromatic heterocycles. The molecule has 6 heteroatoms. The topological polar surface area (TPSA) is 72.2 Å². The van der Waals surface area contributed by atoms with E-state index in [-0.39, 0.29) is 0 Å². The molecule has 0 aliphatic heterocycles. The third-order valence-corrected chi connectivity index (χ3v) is 2.53. The van der Waals surface area contributed by atoms with Crippen LogP contribution in [0.3, 0.4) is 0 Å². The van der Waals surface area contributed by atoms with Crippen LogP contribution >= 0.6 is 0 Å². The van der Waals surface area contributed by atoms with Gasteiger partial charge in [0.15, 0.2) is 0 Å². The molecule has 0 spiro atoms. The molecule has 2 N–H and O–H groups in total. The van der Waals surface area contributed by atoms with Crippen molar-refractivity contribution in [1.29, 1.82) is 0 Å². The van der Waals surface area contributed by atoms with Gasteiger partial charge in [-0.15, -0.1) is 0 Å². The molecule has 0 radical (unpaired) electrons. The number of hydrogen-bond acceptors (Lipinski definition) is 5. The van der Waals surface area contributed by atoms with Crippen LogP contribution < -0.4 is 10.1 Å². The first kappa shape index (κ1) is 13.4. The normalized spacial score (nSPS) is 12.1. The van der Waals surface area contributed by atoms with Gasteiger partial charge in [-0.3, -0.25) is 4.68 Å². The van der Waals surface area contributed by atoms with E-state index in [4.69, 9.17) is 4.74 Å². The maximum absolute atomic E-state index is 9.85. The lowest BCUT2D eigenvalue weighted by molar-refractivity contribution is 0.161. The molecule has 2 aromatic rings. The number of aromatic nitrogens is 3. The van der Waals surface area contributed by atoms with Gasteiger partial charge in [-0.25, -0.2) is 4.98 Å². The molecule has 2 rings (SSSR count). The Kier molecular flexibility index (Phi) is 4.74. The van der Waals surface area contributed by atoms with Crippen LogP contribution in [-0.2, 0) is 6.54 Å². The standard InChI is InChI=1S/C13H18N4O2/c1-2-19-13-5-4-11(8-15-13)14-9-12(18)10-17-7-3-6-16-17/h3-8,12,14,18H,2,9-10H2,1H3. The second-order valence-corrected chi connectivity index (χ2v) is 4.08. The minimum atomic E-state index is -0.508. The average molecular weight is 262 g/mol. The van der Waals surface area contributed by atoms with Crippen LogP contribution in [0, 0.1) is 0 Å². The van der Waals surface area contributed by atoms with Crippen molar-refractivity contribution in [2.24, 2.45) is 0 Å². The molecule has 6 nitrogen and oxygen atoms in total. The van der Waals surface area contributed by atoms with E-state index in [0.717, 1.165) is 5.69 Å². The van der Waals surface area contributed by atoms with Gasteiger partial charge in [0, 0.05) is 25.0 Å². The van der Waals surface area contributed by atoms with Gasteiger partial charge in [0.25, 0.3) is 0 Å². The van der Waals surface area contributed by atoms with Gasteiger partial charge in [0.2, 0.25) is 5.88 Å². The zero-order chi connectivity index (χ0) is 13.5. The number of hydrogen-bond donors (Lipinski definition) is 2. The number of aliphatic hydroxyl groups excluding tert-OH is 1. The summed E-state index contributed by atoms with van der Waals surface area (Å²) in [5.41, 5.74) is 0.850. The summed E-state index contributed by atoms with van der Waals surface area (Å²) in [6.45, 7) is 3.42. The van der Waals surface area contributed by atoms with E-state index >= 15 is 0 Å². The van der Waals surface area contributed by atoms with Crippen molar-refractivity contribution in [2.45, 2.75) is 19.6 Å². The second kappa shape index (κ2) is 6.75. The van der Waals surface area contributed by atoms with Crippen LogP contribution in [0.1, 0.15) is 6.92 Å². The summed E-state index contributed by atoms with van der Waals surface area (Å²) in [7, 11) is 0. The van der Waals surface area contributed by atoms with Crippen molar-refractivity contribution in [3.05, 3.63) is 36.8 Å². The van der Waals surface area contributed by atoms with Gasteiger partial charge < -0.3 is 15.2 Å². The molecule has 1 atom stereocenters. The molecule has 19 heavy (non-hydrogen) atoms. The third kappa shape index (κ3) is 4.26. The van der Waals surface area contributed by atoms with Crippen LogP contribution in [0.2, 0.25) is 0 Å². The predicted octanol–water partition coefficient (Wildman–Crippen LogP) is 1.15. The molecule has 0 fully saturated rings. The summed E-state index contributed by atoms with van der Waals surface area (Å²) >= 11 is 0. The van der Waals surface area contributed by atoms with E-state index in [1.807, 2.05) is 25.3 Å². The minimum Gasteiger partial charge on any atom is -0.478 e. The summed E-state index contributed by atoms with van der Waals surface area (Å²) in [6, 6.07) is 5.50. The fraction of sp³-hybridized carbons (Fsp3) is 0.385. The highest BCUT2D eigenvalue weighted by Crippen LogP contribution is 2.11. The first-order valence-electron chi connectivity index (χ1n) is 6.26. The van der Waals surface area contributed by atoms with Crippen LogP contribution in [-0.4, -0.2) is 39.1 Å². The van der Waals surface area contributed by atoms with Crippen molar-refractivity contribution < 1.29 is 9.84 Å². The van der Waals surface area contributed by atoms with Gasteiger partial charge in [0.1, 0.15) is 0 Å². The lowest BCUT2D eigenvalue weighted by Crippen LogP contribution is -2.25. The molecule has 102 valence electrons. The molecule has 0 bridgehead atoms. The smallest absolute Gasteiger partial charge is 0.213 e. The van der Waals surface area contributed by atoms with Crippen molar-refractivity contribution >= 4 is 5.69 Å². The number of rotatable bonds is 7. The van der Waals surface area contributed by atoms with E-state index in [1.165, 1.54) is 0 Å². The number of nitrogens with one attached hydrogen (secondary N) is 1. The van der Waals surface area contributed by atoms with Crippen LogP contribution in [0.4, 0.5) is 5.69 Å². The van der Waals surface area contributed by atoms with Gasteiger partial charge in [-0.05, 0) is 19.1 Å². The van der Waals surface area contributed by atoms with E-state index in [1.54, 1.807) is 23.1 Å². The molecular weight excluding hydrogens is 244 g/mol. The largest absolute Gasteiger partial charge is 0.478 e. The number of nitrogens with zero attached hydrogens (tertiary/aromatic N) is 3. The molecule has 0 aliphatic carbocycles. The summed E-state index contributed by atoms with van der Waals surface area (Å²) in [6.07, 6.45) is 4.69. The third-order valence-electron chi connectivity index (χ3n) is 2.53. The highest BCUT2D eigenvalue weighted by atomic mass is 16.5. The first-order valence-corrected chi connectivity index (χ1v) is 6.26. The quantitative estimate of drug-likeness (QED) is 0.783.